The number of benzene rings is 1. The van der Waals surface area contributed by atoms with Crippen molar-refractivity contribution in [1.29, 1.82) is 0 Å². The maximum Gasteiger partial charge on any atom is 0.230 e. The van der Waals surface area contributed by atoms with Gasteiger partial charge in [0.25, 0.3) is 0 Å². The van der Waals surface area contributed by atoms with Gasteiger partial charge in [-0.2, -0.15) is 4.98 Å². The van der Waals surface area contributed by atoms with Crippen LogP contribution in [0.1, 0.15) is 12.8 Å². The maximum atomic E-state index is 9.99. The Morgan fingerprint density at radius 1 is 1.00 bits per heavy atom. The van der Waals surface area contributed by atoms with E-state index in [9.17, 15) is 5.11 Å². The van der Waals surface area contributed by atoms with Crippen molar-refractivity contribution in [2.45, 2.75) is 18.9 Å². The van der Waals surface area contributed by atoms with Crippen LogP contribution in [-0.4, -0.2) is 43.7 Å². The monoisotopic (exact) mass is 386 g/mol. The molecule has 0 aliphatic carbocycles. The minimum absolute atomic E-state index is 0.307. The largest absolute Gasteiger partial charge is 0.391 e. The molecule has 0 amide bonds. The Labute approximate surface area is 168 Å². The summed E-state index contributed by atoms with van der Waals surface area (Å²) in [6.45, 7) is 1.49. The van der Waals surface area contributed by atoms with Crippen LogP contribution in [0.5, 0.6) is 0 Å². The summed E-state index contributed by atoms with van der Waals surface area (Å²) in [7, 11) is 0. The molecule has 146 valence electrons. The molecule has 1 saturated heterocycles. The van der Waals surface area contributed by atoms with Gasteiger partial charge in [-0.1, -0.05) is 36.4 Å². The van der Waals surface area contributed by atoms with Gasteiger partial charge in [0.15, 0.2) is 0 Å². The minimum atomic E-state index is -0.307. The van der Waals surface area contributed by atoms with Crippen molar-refractivity contribution in [1.82, 2.24) is 19.4 Å². The molecule has 7 heteroatoms. The van der Waals surface area contributed by atoms with Gasteiger partial charge in [-0.3, -0.25) is 4.40 Å². The van der Waals surface area contributed by atoms with E-state index in [1.807, 2.05) is 65.2 Å². The normalized spacial score (nSPS) is 16.9. The summed E-state index contributed by atoms with van der Waals surface area (Å²) in [5, 5.41) is 13.4. The number of fused-ring (bicyclic) bond motifs is 1. The second kappa shape index (κ2) is 7.52. The second-order valence-corrected chi connectivity index (χ2v) is 7.21. The molecule has 7 nitrogen and oxygen atoms in total. The number of pyridine rings is 1. The molecule has 1 atom stereocenters. The molecular weight excluding hydrogens is 364 g/mol. The van der Waals surface area contributed by atoms with Crippen molar-refractivity contribution in [2.75, 3.05) is 23.3 Å². The highest BCUT2D eigenvalue weighted by Crippen LogP contribution is 2.30. The van der Waals surface area contributed by atoms with Gasteiger partial charge in [-0.15, -0.1) is 0 Å². The Morgan fingerprint density at radius 2 is 1.86 bits per heavy atom. The highest BCUT2D eigenvalue weighted by Gasteiger charge is 2.20. The van der Waals surface area contributed by atoms with Gasteiger partial charge in [0.05, 0.1) is 6.10 Å². The summed E-state index contributed by atoms with van der Waals surface area (Å²) in [5.41, 5.74) is 2.72. The third-order valence-corrected chi connectivity index (χ3v) is 5.17. The summed E-state index contributed by atoms with van der Waals surface area (Å²) in [4.78, 5) is 16.0. The van der Waals surface area contributed by atoms with Crippen molar-refractivity contribution in [3.63, 3.8) is 0 Å². The van der Waals surface area contributed by atoms with Crippen molar-refractivity contribution in [3.8, 4) is 11.3 Å². The number of hydrogen-bond acceptors (Lipinski definition) is 6. The molecule has 0 saturated carbocycles. The number of imidazole rings is 1. The fourth-order valence-electron chi connectivity index (χ4n) is 3.77. The third kappa shape index (κ3) is 3.52. The van der Waals surface area contributed by atoms with Gasteiger partial charge in [0.1, 0.15) is 23.0 Å². The van der Waals surface area contributed by atoms with Gasteiger partial charge in [0, 0.05) is 31.0 Å². The zero-order valence-corrected chi connectivity index (χ0v) is 15.9. The van der Waals surface area contributed by atoms with Crippen LogP contribution in [0.2, 0.25) is 0 Å². The second-order valence-electron chi connectivity index (χ2n) is 7.21. The molecule has 0 bridgehead atoms. The number of hydrogen-bond donors (Lipinski definition) is 2. The summed E-state index contributed by atoms with van der Waals surface area (Å²) in [5.74, 6) is 2.14. The molecule has 1 fully saturated rings. The van der Waals surface area contributed by atoms with Crippen LogP contribution in [0.25, 0.3) is 16.9 Å². The number of aromatic nitrogens is 4. The van der Waals surface area contributed by atoms with E-state index in [2.05, 4.69) is 15.2 Å². The van der Waals surface area contributed by atoms with Gasteiger partial charge < -0.3 is 15.3 Å². The van der Waals surface area contributed by atoms with Crippen LogP contribution < -0.4 is 10.2 Å². The Kier molecular flexibility index (Phi) is 4.57. The van der Waals surface area contributed by atoms with E-state index in [1.165, 1.54) is 0 Å². The number of nitrogens with one attached hydrogen (secondary N) is 1. The lowest BCUT2D eigenvalue weighted by Gasteiger charge is -2.31. The van der Waals surface area contributed by atoms with Crippen molar-refractivity contribution < 1.29 is 5.11 Å². The van der Waals surface area contributed by atoms with E-state index in [-0.39, 0.29) is 6.10 Å². The van der Waals surface area contributed by atoms with Crippen molar-refractivity contribution in [2.24, 2.45) is 0 Å². The number of aliphatic hydroxyl groups is 1. The average Bonchev–Trinajstić information content (AvgIpc) is 3.13. The number of anilines is 3. The maximum absolute atomic E-state index is 9.99. The quantitative estimate of drug-likeness (QED) is 0.559. The number of nitrogens with zero attached hydrogens (tertiary/aromatic N) is 5. The van der Waals surface area contributed by atoms with E-state index in [1.54, 1.807) is 6.20 Å². The molecule has 0 radical (unpaired) electrons. The van der Waals surface area contributed by atoms with Crippen LogP contribution in [-0.2, 0) is 0 Å². The summed E-state index contributed by atoms with van der Waals surface area (Å²) >= 11 is 0. The minimum Gasteiger partial charge on any atom is -0.391 e. The predicted octanol–water partition coefficient (Wildman–Crippen LogP) is 3.50. The Morgan fingerprint density at radius 3 is 2.72 bits per heavy atom. The molecule has 1 unspecified atom stereocenters. The SMILES string of the molecule is OC1CCCN(c2ccnc(Nc3c(-c4ccccc4)nc4ccccn34)n2)C1. The van der Waals surface area contributed by atoms with Gasteiger partial charge in [0.2, 0.25) is 5.95 Å². The van der Waals surface area contributed by atoms with Gasteiger partial charge >= 0.3 is 0 Å². The molecular formula is C22H22N6O. The zero-order valence-electron chi connectivity index (χ0n) is 15.9. The van der Waals surface area contributed by atoms with Crippen molar-refractivity contribution >= 4 is 23.2 Å². The fourth-order valence-corrected chi connectivity index (χ4v) is 3.77. The molecule has 1 aromatic carbocycles. The van der Waals surface area contributed by atoms with Gasteiger partial charge in [-0.25, -0.2) is 9.97 Å². The van der Waals surface area contributed by atoms with Crippen molar-refractivity contribution in [3.05, 3.63) is 67.0 Å². The highest BCUT2D eigenvalue weighted by atomic mass is 16.3. The topological polar surface area (TPSA) is 78.6 Å². The van der Waals surface area contributed by atoms with Crippen LogP contribution in [0.4, 0.5) is 17.6 Å². The highest BCUT2D eigenvalue weighted by molar-refractivity contribution is 5.78. The molecule has 2 N–H and O–H groups in total. The number of piperidine rings is 1. The average molecular weight is 386 g/mol. The summed E-state index contributed by atoms with van der Waals surface area (Å²) in [6.07, 6.45) is 5.21. The molecule has 29 heavy (non-hydrogen) atoms. The fraction of sp³-hybridized carbons (Fsp3) is 0.227. The van der Waals surface area contributed by atoms with Crippen LogP contribution in [0.3, 0.4) is 0 Å². The van der Waals surface area contributed by atoms with Crippen LogP contribution >= 0.6 is 0 Å². The number of rotatable bonds is 4. The Balaban J connectivity index is 1.53. The molecule has 1 aliphatic rings. The lowest BCUT2D eigenvalue weighted by Crippen LogP contribution is -2.38. The first kappa shape index (κ1) is 17.6. The Hall–Kier alpha value is -3.45. The summed E-state index contributed by atoms with van der Waals surface area (Å²) < 4.78 is 2.00. The molecule has 5 rings (SSSR count). The Bertz CT molecular complexity index is 1130. The molecule has 1 aliphatic heterocycles. The van der Waals surface area contributed by atoms with Gasteiger partial charge in [-0.05, 0) is 31.0 Å². The lowest BCUT2D eigenvalue weighted by atomic mass is 10.1. The molecule has 4 aromatic rings. The number of β-amino-alcohol motifs (C(OH)–C–C–N with tert-alkyl or cyclic N) is 1. The summed E-state index contributed by atoms with van der Waals surface area (Å²) in [6, 6.07) is 17.9. The first-order valence-corrected chi connectivity index (χ1v) is 9.83. The van der Waals surface area contributed by atoms with E-state index in [0.29, 0.717) is 12.5 Å². The standard InChI is InChI=1S/C22H22N6O/c29-17-9-6-13-27(15-17)18-11-12-23-22(25-18)26-21-20(16-7-2-1-3-8-16)24-19-10-4-5-14-28(19)21/h1-5,7-8,10-12,14,17,29H,6,9,13,15H2,(H,23,25,26). The third-order valence-electron chi connectivity index (χ3n) is 5.17. The zero-order chi connectivity index (χ0) is 19.6. The lowest BCUT2D eigenvalue weighted by molar-refractivity contribution is 0.154. The van der Waals surface area contributed by atoms with Crippen LogP contribution in [0, 0.1) is 0 Å². The van der Waals surface area contributed by atoms with E-state index in [4.69, 9.17) is 9.97 Å². The first-order valence-electron chi connectivity index (χ1n) is 9.83. The molecule has 4 heterocycles. The number of aliphatic hydroxyl groups excluding tert-OH is 1. The first-order chi connectivity index (χ1) is 14.3. The van der Waals surface area contributed by atoms with E-state index >= 15 is 0 Å². The smallest absolute Gasteiger partial charge is 0.230 e. The molecule has 0 spiro atoms. The molecule has 3 aromatic heterocycles. The van der Waals surface area contributed by atoms with E-state index < -0.39 is 0 Å². The van der Waals surface area contributed by atoms with E-state index in [0.717, 1.165) is 47.9 Å². The van der Waals surface area contributed by atoms with Crippen LogP contribution in [0.15, 0.2) is 67.0 Å². The predicted molar refractivity (Wildman–Crippen MR) is 113 cm³/mol.